The minimum Gasteiger partial charge on any atom is -0.332 e. The molecular formula is C14H17N3O3S. The number of amides is 1. The fourth-order valence-corrected chi connectivity index (χ4v) is 4.49. The summed E-state index contributed by atoms with van der Waals surface area (Å²) in [6.45, 7) is 0.663. The van der Waals surface area contributed by atoms with Crippen molar-refractivity contribution in [3.8, 4) is 0 Å². The Hall–Kier alpha value is -1.73. The maximum Gasteiger partial charge on any atom is 0.244 e. The number of carbonyl (C=O) groups excluding carboxylic acids is 1. The lowest BCUT2D eigenvalue weighted by Gasteiger charge is -2.41. The van der Waals surface area contributed by atoms with Gasteiger partial charge in [0.25, 0.3) is 0 Å². The highest BCUT2D eigenvalue weighted by Gasteiger charge is 2.45. The lowest BCUT2D eigenvalue weighted by atomic mass is 9.76. The van der Waals surface area contributed by atoms with Crippen LogP contribution < -0.4 is 5.32 Å². The Bertz CT molecular complexity index is 672. The van der Waals surface area contributed by atoms with E-state index in [4.69, 9.17) is 0 Å². The number of aromatic nitrogens is 1. The predicted molar refractivity (Wildman–Crippen MR) is 76.6 cm³/mol. The van der Waals surface area contributed by atoms with Gasteiger partial charge in [-0.05, 0) is 37.6 Å². The molecule has 0 aromatic carbocycles. The van der Waals surface area contributed by atoms with E-state index in [9.17, 15) is 13.2 Å². The summed E-state index contributed by atoms with van der Waals surface area (Å²) in [5.41, 5.74) is -0.637. The Morgan fingerprint density at radius 1 is 1.38 bits per heavy atom. The number of hydrogen-bond acceptors (Lipinski definition) is 4. The zero-order chi connectivity index (χ0) is 14.9. The molecule has 6 nitrogen and oxygen atoms in total. The van der Waals surface area contributed by atoms with Crippen LogP contribution in [-0.4, -0.2) is 36.7 Å². The highest BCUT2D eigenvalue weighted by atomic mass is 32.2. The van der Waals surface area contributed by atoms with Crippen molar-refractivity contribution in [3.63, 3.8) is 0 Å². The van der Waals surface area contributed by atoms with E-state index in [1.54, 1.807) is 12.3 Å². The van der Waals surface area contributed by atoms with Gasteiger partial charge in [0.15, 0.2) is 0 Å². The minimum absolute atomic E-state index is 0.0870. The number of pyridine rings is 1. The molecule has 3 rings (SSSR count). The summed E-state index contributed by atoms with van der Waals surface area (Å²) in [7, 11) is -3.59. The third-order valence-electron chi connectivity index (χ3n) is 4.14. The molecule has 1 aromatic rings. The summed E-state index contributed by atoms with van der Waals surface area (Å²) in [6, 6.07) is 3.13. The van der Waals surface area contributed by atoms with Crippen LogP contribution in [0.1, 0.15) is 19.3 Å². The molecule has 0 radical (unpaired) electrons. The molecule has 0 saturated carbocycles. The lowest BCUT2D eigenvalue weighted by molar-refractivity contribution is -0.132. The summed E-state index contributed by atoms with van der Waals surface area (Å²) >= 11 is 0. The van der Waals surface area contributed by atoms with Crippen LogP contribution in [0, 0.1) is 5.41 Å². The summed E-state index contributed by atoms with van der Waals surface area (Å²) in [5, 5.41) is 2.70. The number of rotatable bonds is 2. The largest absolute Gasteiger partial charge is 0.332 e. The van der Waals surface area contributed by atoms with E-state index in [1.165, 1.54) is 22.8 Å². The van der Waals surface area contributed by atoms with E-state index in [2.05, 4.69) is 10.3 Å². The molecule has 2 aliphatic heterocycles. The third kappa shape index (κ3) is 2.47. The molecule has 1 aromatic heterocycles. The molecule has 1 N–H and O–H groups in total. The van der Waals surface area contributed by atoms with Gasteiger partial charge in [0, 0.05) is 25.5 Å². The molecule has 1 atom stereocenters. The minimum atomic E-state index is -3.59. The van der Waals surface area contributed by atoms with E-state index < -0.39 is 15.4 Å². The Balaban J connectivity index is 1.90. The van der Waals surface area contributed by atoms with Gasteiger partial charge in [-0.25, -0.2) is 8.42 Å². The summed E-state index contributed by atoms with van der Waals surface area (Å²) in [4.78, 5) is 16.2. The second kappa shape index (κ2) is 5.23. The van der Waals surface area contributed by atoms with Gasteiger partial charge < -0.3 is 5.32 Å². The van der Waals surface area contributed by atoms with Gasteiger partial charge in [-0.15, -0.1) is 0 Å². The Kier molecular flexibility index (Phi) is 3.54. The molecular weight excluding hydrogens is 290 g/mol. The first-order valence-corrected chi connectivity index (χ1v) is 8.35. The first-order valence-electron chi connectivity index (χ1n) is 6.91. The first-order chi connectivity index (χ1) is 10.0. The Morgan fingerprint density at radius 2 is 2.24 bits per heavy atom. The number of nitrogens with one attached hydrogen (secondary N) is 1. The molecule has 1 amide bonds. The van der Waals surface area contributed by atoms with Crippen LogP contribution in [0.15, 0.2) is 41.7 Å². The van der Waals surface area contributed by atoms with Gasteiger partial charge in [-0.1, -0.05) is 6.08 Å². The molecule has 2 aliphatic rings. The number of carbonyl (C=O) groups is 1. The van der Waals surface area contributed by atoms with Crippen molar-refractivity contribution in [2.45, 2.75) is 24.2 Å². The Morgan fingerprint density at radius 3 is 2.95 bits per heavy atom. The summed E-state index contributed by atoms with van der Waals surface area (Å²) in [6.07, 6.45) is 8.37. The second-order valence-electron chi connectivity index (χ2n) is 5.49. The monoisotopic (exact) mass is 307 g/mol. The normalized spacial score (nSPS) is 26.8. The standard InChI is InChI=1S/C14H17N3O3S/c18-13-14(5-2-8-16-13)6-3-9-17(11-14)21(19,20)12-4-1-7-15-10-12/h1-2,4,7-8,10H,3,5-6,9,11H2,(H,16,18). The van der Waals surface area contributed by atoms with Gasteiger partial charge in [0.2, 0.25) is 15.9 Å². The fourth-order valence-electron chi connectivity index (χ4n) is 2.96. The summed E-state index contributed by atoms with van der Waals surface area (Å²) in [5.74, 6) is -0.0870. The molecule has 112 valence electrons. The smallest absolute Gasteiger partial charge is 0.244 e. The molecule has 1 unspecified atom stereocenters. The number of nitrogens with zero attached hydrogens (tertiary/aromatic N) is 2. The zero-order valence-electron chi connectivity index (χ0n) is 11.5. The maximum absolute atomic E-state index is 12.7. The highest BCUT2D eigenvalue weighted by Crippen LogP contribution is 2.37. The SMILES string of the molecule is O=C1NC=CCC12CCCN(S(=O)(=O)c1cccnc1)C2. The molecule has 1 spiro atoms. The first kappa shape index (κ1) is 14.2. The number of piperidine rings is 1. The summed E-state index contributed by atoms with van der Waals surface area (Å²) < 4.78 is 26.7. The number of allylic oxidation sites excluding steroid dienone is 1. The molecule has 21 heavy (non-hydrogen) atoms. The van der Waals surface area contributed by atoms with Crippen molar-refractivity contribution in [2.75, 3.05) is 13.1 Å². The van der Waals surface area contributed by atoms with Gasteiger partial charge in [-0.2, -0.15) is 4.31 Å². The average Bonchev–Trinajstić information content (AvgIpc) is 2.52. The second-order valence-corrected chi connectivity index (χ2v) is 7.43. The van der Waals surface area contributed by atoms with Crippen LogP contribution in [0.2, 0.25) is 0 Å². The van der Waals surface area contributed by atoms with Crippen molar-refractivity contribution < 1.29 is 13.2 Å². The van der Waals surface area contributed by atoms with Crippen LogP contribution >= 0.6 is 0 Å². The lowest BCUT2D eigenvalue weighted by Crippen LogP contribution is -2.53. The van der Waals surface area contributed by atoms with Gasteiger partial charge in [-0.3, -0.25) is 9.78 Å². The average molecular weight is 307 g/mol. The highest BCUT2D eigenvalue weighted by molar-refractivity contribution is 7.89. The number of sulfonamides is 1. The van der Waals surface area contributed by atoms with Crippen LogP contribution in [0.5, 0.6) is 0 Å². The van der Waals surface area contributed by atoms with E-state index in [0.29, 0.717) is 25.8 Å². The van der Waals surface area contributed by atoms with E-state index in [-0.39, 0.29) is 17.3 Å². The van der Waals surface area contributed by atoms with E-state index in [1.807, 2.05) is 6.08 Å². The predicted octanol–water partition coefficient (Wildman–Crippen LogP) is 0.886. The van der Waals surface area contributed by atoms with Crippen LogP contribution in [0.3, 0.4) is 0 Å². The van der Waals surface area contributed by atoms with E-state index >= 15 is 0 Å². The molecule has 0 bridgehead atoms. The van der Waals surface area contributed by atoms with Gasteiger partial charge in [0.1, 0.15) is 4.90 Å². The van der Waals surface area contributed by atoms with Crippen molar-refractivity contribution in [1.29, 1.82) is 0 Å². The molecule has 3 heterocycles. The van der Waals surface area contributed by atoms with Crippen LogP contribution in [0.4, 0.5) is 0 Å². The third-order valence-corrected chi connectivity index (χ3v) is 5.97. The van der Waals surface area contributed by atoms with Crippen LogP contribution in [-0.2, 0) is 14.8 Å². The molecule has 1 saturated heterocycles. The molecule has 7 heteroatoms. The molecule has 0 aliphatic carbocycles. The van der Waals surface area contributed by atoms with Crippen molar-refractivity contribution in [1.82, 2.24) is 14.6 Å². The maximum atomic E-state index is 12.7. The molecule has 1 fully saturated rings. The van der Waals surface area contributed by atoms with Crippen LogP contribution in [0.25, 0.3) is 0 Å². The Labute approximate surface area is 123 Å². The van der Waals surface area contributed by atoms with Crippen molar-refractivity contribution in [2.24, 2.45) is 5.41 Å². The number of hydrogen-bond donors (Lipinski definition) is 1. The van der Waals surface area contributed by atoms with Crippen molar-refractivity contribution in [3.05, 3.63) is 36.8 Å². The zero-order valence-corrected chi connectivity index (χ0v) is 12.3. The van der Waals surface area contributed by atoms with E-state index in [0.717, 1.165) is 0 Å². The fraction of sp³-hybridized carbons (Fsp3) is 0.429. The van der Waals surface area contributed by atoms with Crippen molar-refractivity contribution >= 4 is 15.9 Å². The van der Waals surface area contributed by atoms with Gasteiger partial charge >= 0.3 is 0 Å². The topological polar surface area (TPSA) is 79.4 Å². The quantitative estimate of drug-likeness (QED) is 0.880. The van der Waals surface area contributed by atoms with Gasteiger partial charge in [0.05, 0.1) is 5.41 Å².